The van der Waals surface area contributed by atoms with E-state index in [9.17, 15) is 22.8 Å². The molecule has 152 valence electrons. The Morgan fingerprint density at radius 2 is 1.19 bits per heavy atom. The first-order chi connectivity index (χ1) is 11.9. The van der Waals surface area contributed by atoms with Gasteiger partial charge in [-0.3, -0.25) is 19.6 Å². The van der Waals surface area contributed by atoms with E-state index in [1.807, 2.05) is 0 Å². The maximum Gasteiger partial charge on any atom is 1.00 e. The summed E-state index contributed by atoms with van der Waals surface area (Å²) in [4.78, 5) is 28.8. The first kappa shape index (κ1) is 27.3. The molecule has 0 radical (unpaired) electrons. The second kappa shape index (κ2) is 12.5. The minimum absolute atomic E-state index is 0. The summed E-state index contributed by atoms with van der Waals surface area (Å²) in [6.07, 6.45) is 3.22. The molecule has 2 aromatic heterocycles. The summed E-state index contributed by atoms with van der Waals surface area (Å²) in [6, 6.07) is 10.6. The van der Waals surface area contributed by atoms with Crippen LogP contribution in [0, 0.1) is 0 Å². The molecule has 0 unspecified atom stereocenters. The number of alkyl halides is 3. The molecule has 0 aliphatic heterocycles. The molecule has 7 nitrogen and oxygen atoms in total. The molecule has 0 spiro atoms. The second-order valence-electron chi connectivity index (χ2n) is 4.44. The van der Waals surface area contributed by atoms with Crippen LogP contribution in [0.2, 0.25) is 0 Å². The van der Waals surface area contributed by atoms with E-state index in [-0.39, 0.29) is 33.9 Å². The molecule has 12 heteroatoms. The molecule has 0 amide bonds. The summed E-state index contributed by atoms with van der Waals surface area (Å²) in [5.74, 6) is 0.0196. The Kier molecular flexibility index (Phi) is 12.6. The average Bonchev–Trinajstić information content (AvgIpc) is 2.56. The maximum atomic E-state index is 10.7. The Hall–Kier alpha value is -1.92. The van der Waals surface area contributed by atoms with E-state index in [1.54, 1.807) is 48.8 Å². The summed E-state index contributed by atoms with van der Waals surface area (Å²) in [7, 11) is -6.09. The van der Waals surface area contributed by atoms with Crippen molar-refractivity contribution >= 4 is 21.7 Å². The number of aromatic nitrogens is 2. The number of Topliss-reactive ketones (excluding diaryl/α,β-unsaturated/α-hetero) is 2. The molecular formula is C15H14AgF3N2O5S. The Morgan fingerprint density at radius 1 is 0.889 bits per heavy atom. The van der Waals surface area contributed by atoms with Crippen LogP contribution in [0.15, 0.2) is 48.8 Å². The maximum absolute atomic E-state index is 10.7. The Labute approximate surface area is 169 Å². The topological polar surface area (TPSA) is 117 Å². The molecule has 2 rings (SSSR count). The van der Waals surface area contributed by atoms with Crippen molar-refractivity contribution in [2.45, 2.75) is 19.4 Å². The van der Waals surface area contributed by atoms with Crippen molar-refractivity contribution in [1.29, 1.82) is 0 Å². The van der Waals surface area contributed by atoms with E-state index in [1.165, 1.54) is 13.8 Å². The summed E-state index contributed by atoms with van der Waals surface area (Å²) in [5, 5.41) is 0. The minimum Gasteiger partial charge on any atom is -0.741 e. The van der Waals surface area contributed by atoms with E-state index in [0.29, 0.717) is 11.4 Å². The molecule has 2 heterocycles. The molecule has 27 heavy (non-hydrogen) atoms. The standard InChI is InChI=1S/2C7H7NO.CHF3O3S.Ag/c2*1-6(9)7-4-2-3-5-8-7;2-1(3,4)8(5,6)7;/h2*2-5H,1H3;(H,5,6,7);/q;;;+1/p-1. The first-order valence-electron chi connectivity index (χ1n) is 6.72. The van der Waals surface area contributed by atoms with Gasteiger partial charge in [-0.25, -0.2) is 8.42 Å². The van der Waals surface area contributed by atoms with E-state index in [2.05, 4.69) is 9.97 Å². The summed E-state index contributed by atoms with van der Waals surface area (Å²) in [6.45, 7) is 3.00. The van der Waals surface area contributed by atoms with Gasteiger partial charge in [0.1, 0.15) is 11.4 Å². The number of hydrogen-bond acceptors (Lipinski definition) is 7. The zero-order valence-electron chi connectivity index (χ0n) is 13.9. The number of carbonyl (C=O) groups excluding carboxylic acids is 2. The molecule has 0 aliphatic carbocycles. The average molecular weight is 499 g/mol. The van der Waals surface area contributed by atoms with Crippen molar-refractivity contribution in [3.63, 3.8) is 0 Å². The van der Waals surface area contributed by atoms with Crippen molar-refractivity contribution in [3.8, 4) is 0 Å². The zero-order chi connectivity index (χ0) is 20.4. The minimum atomic E-state index is -6.09. The molecule has 0 N–H and O–H groups in total. The summed E-state index contributed by atoms with van der Waals surface area (Å²) in [5.41, 5.74) is -4.59. The van der Waals surface area contributed by atoms with Crippen LogP contribution in [0.4, 0.5) is 13.2 Å². The molecular weight excluding hydrogens is 485 g/mol. The van der Waals surface area contributed by atoms with Gasteiger partial charge >= 0.3 is 27.9 Å². The van der Waals surface area contributed by atoms with Crippen LogP contribution < -0.4 is 0 Å². The number of carbonyl (C=O) groups is 2. The van der Waals surface area contributed by atoms with Gasteiger partial charge in [0.2, 0.25) is 0 Å². The van der Waals surface area contributed by atoms with Gasteiger partial charge < -0.3 is 4.55 Å². The SMILES string of the molecule is CC(=O)c1ccccn1.CC(=O)c1ccccn1.O=S(=O)([O-])C(F)(F)F.[Ag+]. The van der Waals surface area contributed by atoms with Gasteiger partial charge in [0, 0.05) is 26.2 Å². The quantitative estimate of drug-likeness (QED) is 0.270. The fourth-order valence-corrected chi connectivity index (χ4v) is 1.14. The second-order valence-corrected chi connectivity index (χ2v) is 5.81. The molecule has 0 fully saturated rings. The van der Waals surface area contributed by atoms with Crippen molar-refractivity contribution < 1.29 is 58.1 Å². The van der Waals surface area contributed by atoms with Crippen LogP contribution in [-0.4, -0.2) is 40.0 Å². The number of nitrogens with zero attached hydrogens (tertiary/aromatic N) is 2. The van der Waals surface area contributed by atoms with Crippen LogP contribution in [0.25, 0.3) is 0 Å². The van der Waals surface area contributed by atoms with Crippen molar-refractivity contribution in [3.05, 3.63) is 60.2 Å². The van der Waals surface area contributed by atoms with E-state index in [0.717, 1.165) is 0 Å². The Balaban J connectivity index is 0. The van der Waals surface area contributed by atoms with Crippen molar-refractivity contribution in [2.24, 2.45) is 0 Å². The fourth-order valence-electron chi connectivity index (χ4n) is 1.14. The monoisotopic (exact) mass is 498 g/mol. The molecule has 0 bridgehead atoms. The van der Waals surface area contributed by atoms with Crippen molar-refractivity contribution in [2.75, 3.05) is 0 Å². The summed E-state index contributed by atoms with van der Waals surface area (Å²) < 4.78 is 58.9. The number of ketones is 2. The molecule has 0 aromatic carbocycles. The predicted molar refractivity (Wildman–Crippen MR) is 84.2 cm³/mol. The van der Waals surface area contributed by atoms with Crippen LogP contribution in [0.5, 0.6) is 0 Å². The molecule has 0 atom stereocenters. The molecule has 0 saturated heterocycles. The van der Waals surface area contributed by atoms with Crippen LogP contribution in [-0.2, 0) is 32.5 Å². The first-order valence-corrected chi connectivity index (χ1v) is 8.13. The predicted octanol–water partition coefficient (Wildman–Crippen LogP) is 2.62. The molecule has 0 saturated carbocycles. The third-order valence-corrected chi connectivity index (χ3v) is 2.90. The van der Waals surface area contributed by atoms with Gasteiger partial charge in [-0.05, 0) is 24.3 Å². The number of pyridine rings is 2. The van der Waals surface area contributed by atoms with Gasteiger partial charge in [0.05, 0.1) is 0 Å². The zero-order valence-corrected chi connectivity index (χ0v) is 16.2. The molecule has 2 aromatic rings. The van der Waals surface area contributed by atoms with Gasteiger partial charge in [0.15, 0.2) is 21.7 Å². The smallest absolute Gasteiger partial charge is 0.741 e. The van der Waals surface area contributed by atoms with Gasteiger partial charge in [-0.1, -0.05) is 12.1 Å². The largest absolute Gasteiger partial charge is 1.00 e. The Bertz CT molecular complexity index is 767. The van der Waals surface area contributed by atoms with E-state index >= 15 is 0 Å². The number of rotatable bonds is 2. The van der Waals surface area contributed by atoms with Gasteiger partial charge in [0.25, 0.3) is 0 Å². The third-order valence-electron chi connectivity index (χ3n) is 2.33. The normalized spacial score (nSPS) is 10.1. The Morgan fingerprint density at radius 3 is 1.30 bits per heavy atom. The van der Waals surface area contributed by atoms with Crippen molar-refractivity contribution in [1.82, 2.24) is 9.97 Å². The molecule has 0 aliphatic rings. The van der Waals surface area contributed by atoms with Gasteiger partial charge in [-0.15, -0.1) is 0 Å². The van der Waals surface area contributed by atoms with Gasteiger partial charge in [-0.2, -0.15) is 13.2 Å². The third kappa shape index (κ3) is 12.2. The number of halogens is 3. The van der Waals surface area contributed by atoms with E-state index in [4.69, 9.17) is 13.0 Å². The summed E-state index contributed by atoms with van der Waals surface area (Å²) >= 11 is 0. The number of hydrogen-bond donors (Lipinski definition) is 0. The van der Waals surface area contributed by atoms with E-state index < -0.39 is 15.6 Å². The van der Waals surface area contributed by atoms with Crippen LogP contribution >= 0.6 is 0 Å². The van der Waals surface area contributed by atoms with Crippen LogP contribution in [0.3, 0.4) is 0 Å². The fraction of sp³-hybridized carbons (Fsp3) is 0.200. The van der Waals surface area contributed by atoms with Crippen LogP contribution in [0.1, 0.15) is 34.8 Å².